The predicted octanol–water partition coefficient (Wildman–Crippen LogP) is 2.40. The van der Waals surface area contributed by atoms with Crippen LogP contribution >= 0.6 is 0 Å². The quantitative estimate of drug-likeness (QED) is 0.909. The Morgan fingerprint density at radius 3 is 2.68 bits per heavy atom. The third-order valence-corrected chi connectivity index (χ3v) is 4.80. The number of likely N-dealkylation sites (tertiary alicyclic amines) is 1. The van der Waals surface area contributed by atoms with Crippen molar-refractivity contribution in [2.45, 2.75) is 37.6 Å². The number of methoxy groups -OCH3 is 1. The zero-order chi connectivity index (χ0) is 14.1. The van der Waals surface area contributed by atoms with Crippen molar-refractivity contribution in [1.29, 1.82) is 0 Å². The normalized spacial score (nSPS) is 27.2. The first-order valence-corrected chi connectivity index (χ1v) is 6.99. The molecule has 0 bridgehead atoms. The number of piperidine rings is 1. The number of nitrogens with zero attached hydrogens (tertiary/aromatic N) is 1. The minimum atomic E-state index is 0.0740. The molecular formula is C16H26N2O. The zero-order valence-electron chi connectivity index (χ0n) is 12.6. The van der Waals surface area contributed by atoms with E-state index in [1.807, 2.05) is 6.07 Å². The van der Waals surface area contributed by atoms with Gasteiger partial charge in [0.1, 0.15) is 5.75 Å². The Labute approximate surface area is 116 Å². The van der Waals surface area contributed by atoms with Crippen LogP contribution in [0.3, 0.4) is 0 Å². The van der Waals surface area contributed by atoms with E-state index >= 15 is 0 Å². The topological polar surface area (TPSA) is 38.5 Å². The molecule has 1 heterocycles. The molecule has 1 unspecified atom stereocenters. The summed E-state index contributed by atoms with van der Waals surface area (Å²) in [5, 5.41) is 0. The van der Waals surface area contributed by atoms with Gasteiger partial charge in [-0.1, -0.05) is 12.1 Å². The van der Waals surface area contributed by atoms with Crippen LogP contribution in [-0.2, 0) is 5.41 Å². The first-order chi connectivity index (χ1) is 8.93. The van der Waals surface area contributed by atoms with Crippen LogP contribution in [0.25, 0.3) is 0 Å². The standard InChI is InChI=1S/C16H26N2O/c1-15(2)11-16(12-17,8-9-18(15)3)13-6-5-7-14(10-13)19-4/h5-7,10H,8-9,11-12,17H2,1-4H3. The maximum atomic E-state index is 6.17. The molecule has 1 aromatic carbocycles. The second-order valence-electron chi connectivity index (χ2n) is 6.38. The summed E-state index contributed by atoms with van der Waals surface area (Å²) in [6, 6.07) is 8.40. The van der Waals surface area contributed by atoms with Gasteiger partial charge >= 0.3 is 0 Å². The summed E-state index contributed by atoms with van der Waals surface area (Å²) in [4.78, 5) is 2.43. The van der Waals surface area contributed by atoms with Gasteiger partial charge < -0.3 is 15.4 Å². The Morgan fingerprint density at radius 2 is 2.11 bits per heavy atom. The van der Waals surface area contributed by atoms with E-state index in [-0.39, 0.29) is 11.0 Å². The molecule has 1 saturated heterocycles. The van der Waals surface area contributed by atoms with E-state index in [9.17, 15) is 0 Å². The van der Waals surface area contributed by atoms with Gasteiger partial charge in [0.15, 0.2) is 0 Å². The van der Waals surface area contributed by atoms with Gasteiger partial charge in [0.25, 0.3) is 0 Å². The lowest BCUT2D eigenvalue weighted by Crippen LogP contribution is -2.55. The van der Waals surface area contributed by atoms with Gasteiger partial charge in [-0.2, -0.15) is 0 Å². The molecule has 1 aliphatic heterocycles. The van der Waals surface area contributed by atoms with E-state index in [1.54, 1.807) is 7.11 Å². The molecule has 2 N–H and O–H groups in total. The van der Waals surface area contributed by atoms with Crippen molar-refractivity contribution in [1.82, 2.24) is 4.90 Å². The molecule has 106 valence electrons. The summed E-state index contributed by atoms with van der Waals surface area (Å²) < 4.78 is 5.36. The third-order valence-electron chi connectivity index (χ3n) is 4.80. The Balaban J connectivity index is 2.37. The number of benzene rings is 1. The van der Waals surface area contributed by atoms with Gasteiger partial charge in [-0.05, 0) is 58.0 Å². The highest BCUT2D eigenvalue weighted by Gasteiger charge is 2.43. The van der Waals surface area contributed by atoms with Crippen LogP contribution in [0.15, 0.2) is 24.3 Å². The smallest absolute Gasteiger partial charge is 0.119 e. The van der Waals surface area contributed by atoms with Crippen molar-refractivity contribution >= 4 is 0 Å². The molecule has 0 spiro atoms. The molecule has 3 heteroatoms. The Hall–Kier alpha value is -1.06. The molecule has 1 atom stereocenters. The highest BCUT2D eigenvalue weighted by atomic mass is 16.5. The van der Waals surface area contributed by atoms with Crippen molar-refractivity contribution in [3.05, 3.63) is 29.8 Å². The van der Waals surface area contributed by atoms with Crippen LogP contribution in [0.1, 0.15) is 32.3 Å². The van der Waals surface area contributed by atoms with Crippen molar-refractivity contribution in [3.63, 3.8) is 0 Å². The molecule has 3 nitrogen and oxygen atoms in total. The van der Waals surface area contributed by atoms with Crippen molar-refractivity contribution in [2.75, 3.05) is 27.2 Å². The molecule has 1 fully saturated rings. The molecule has 0 saturated carbocycles. The van der Waals surface area contributed by atoms with Gasteiger partial charge in [-0.15, -0.1) is 0 Å². The van der Waals surface area contributed by atoms with Gasteiger partial charge in [0.05, 0.1) is 7.11 Å². The highest BCUT2D eigenvalue weighted by Crippen LogP contribution is 2.42. The molecule has 1 aliphatic rings. The predicted molar refractivity (Wildman–Crippen MR) is 79.7 cm³/mol. The number of hydrogen-bond donors (Lipinski definition) is 1. The molecule has 19 heavy (non-hydrogen) atoms. The molecular weight excluding hydrogens is 236 g/mol. The van der Waals surface area contributed by atoms with Gasteiger partial charge in [-0.3, -0.25) is 0 Å². The SMILES string of the molecule is COc1cccc(C2(CN)CCN(C)C(C)(C)C2)c1. The fourth-order valence-corrected chi connectivity index (χ4v) is 3.23. The van der Waals surface area contributed by atoms with Gasteiger partial charge in [0.2, 0.25) is 0 Å². The summed E-state index contributed by atoms with van der Waals surface area (Å²) in [5.74, 6) is 0.919. The van der Waals surface area contributed by atoms with Gasteiger partial charge in [-0.25, -0.2) is 0 Å². The summed E-state index contributed by atoms with van der Waals surface area (Å²) in [6.07, 6.45) is 2.19. The number of rotatable bonds is 3. The average Bonchev–Trinajstić information content (AvgIpc) is 2.42. The zero-order valence-corrected chi connectivity index (χ0v) is 12.6. The molecule has 0 amide bonds. The van der Waals surface area contributed by atoms with Crippen LogP contribution in [0, 0.1) is 0 Å². The summed E-state index contributed by atoms with van der Waals surface area (Å²) in [5.41, 5.74) is 7.74. The largest absolute Gasteiger partial charge is 0.497 e. The van der Waals surface area contributed by atoms with E-state index in [0.29, 0.717) is 6.54 Å². The monoisotopic (exact) mass is 262 g/mol. The molecule has 0 radical (unpaired) electrons. The number of hydrogen-bond acceptors (Lipinski definition) is 3. The highest BCUT2D eigenvalue weighted by molar-refractivity contribution is 5.35. The fourth-order valence-electron chi connectivity index (χ4n) is 3.23. The van der Waals surface area contributed by atoms with Crippen LogP contribution in [-0.4, -0.2) is 37.7 Å². The van der Waals surface area contributed by atoms with Crippen LogP contribution in [0.4, 0.5) is 0 Å². The van der Waals surface area contributed by atoms with Crippen molar-refractivity contribution in [3.8, 4) is 5.75 Å². The maximum Gasteiger partial charge on any atom is 0.119 e. The third kappa shape index (κ3) is 2.63. The second kappa shape index (κ2) is 5.14. The lowest BCUT2D eigenvalue weighted by Gasteiger charge is -2.50. The first kappa shape index (κ1) is 14.4. The van der Waals surface area contributed by atoms with E-state index in [0.717, 1.165) is 25.1 Å². The van der Waals surface area contributed by atoms with E-state index < -0.39 is 0 Å². The minimum Gasteiger partial charge on any atom is -0.497 e. The lowest BCUT2D eigenvalue weighted by atomic mass is 9.67. The van der Waals surface area contributed by atoms with Crippen LogP contribution in [0.2, 0.25) is 0 Å². The van der Waals surface area contributed by atoms with Crippen LogP contribution < -0.4 is 10.5 Å². The van der Waals surface area contributed by atoms with E-state index in [1.165, 1.54) is 5.56 Å². The van der Waals surface area contributed by atoms with E-state index in [4.69, 9.17) is 10.5 Å². The molecule has 0 aromatic heterocycles. The van der Waals surface area contributed by atoms with Crippen molar-refractivity contribution in [2.24, 2.45) is 5.73 Å². The number of nitrogens with two attached hydrogens (primary N) is 1. The minimum absolute atomic E-state index is 0.0740. The lowest BCUT2D eigenvalue weighted by molar-refractivity contribution is 0.0567. The molecule has 1 aromatic rings. The summed E-state index contributed by atoms with van der Waals surface area (Å²) in [6.45, 7) is 6.38. The Kier molecular flexibility index (Phi) is 3.88. The first-order valence-electron chi connectivity index (χ1n) is 6.99. The van der Waals surface area contributed by atoms with Gasteiger partial charge in [0, 0.05) is 17.5 Å². The maximum absolute atomic E-state index is 6.17. The average molecular weight is 262 g/mol. The van der Waals surface area contributed by atoms with Crippen LogP contribution in [0.5, 0.6) is 5.75 Å². The summed E-state index contributed by atoms with van der Waals surface area (Å²) in [7, 11) is 3.92. The molecule has 0 aliphatic carbocycles. The van der Waals surface area contributed by atoms with Crippen molar-refractivity contribution < 1.29 is 4.74 Å². The fraction of sp³-hybridized carbons (Fsp3) is 0.625. The van der Waals surface area contributed by atoms with E-state index in [2.05, 4.69) is 44.0 Å². The number of ether oxygens (including phenoxy) is 1. The Morgan fingerprint density at radius 1 is 1.37 bits per heavy atom. The molecule has 2 rings (SSSR count). The second-order valence-corrected chi connectivity index (χ2v) is 6.38. The Bertz CT molecular complexity index is 444. The summed E-state index contributed by atoms with van der Waals surface area (Å²) >= 11 is 0.